The summed E-state index contributed by atoms with van der Waals surface area (Å²) < 4.78 is 10.7. The van der Waals surface area contributed by atoms with Crippen molar-refractivity contribution in [3.8, 4) is 0 Å². The van der Waals surface area contributed by atoms with Gasteiger partial charge in [0.05, 0.1) is 19.3 Å². The van der Waals surface area contributed by atoms with E-state index < -0.39 is 0 Å². The molecular formula is C9H17NO2. The highest BCUT2D eigenvalue weighted by molar-refractivity contribution is 4.85. The standard InChI is InChI=1S/C9H17NO2/c1-8(2)12-9(3)10-4-6-11-7-5-10/h8H,3-7H2,1-2H3. The maximum absolute atomic E-state index is 5.47. The second kappa shape index (κ2) is 4.36. The second-order valence-corrected chi connectivity index (χ2v) is 3.16. The lowest BCUT2D eigenvalue weighted by Crippen LogP contribution is -2.36. The van der Waals surface area contributed by atoms with Gasteiger partial charge in [-0.15, -0.1) is 0 Å². The van der Waals surface area contributed by atoms with Crippen LogP contribution in [0.2, 0.25) is 0 Å². The summed E-state index contributed by atoms with van der Waals surface area (Å²) in [7, 11) is 0. The molecule has 70 valence electrons. The summed E-state index contributed by atoms with van der Waals surface area (Å²) in [5, 5.41) is 0. The molecule has 0 aromatic rings. The minimum atomic E-state index is 0.209. The van der Waals surface area contributed by atoms with Crippen LogP contribution in [0.1, 0.15) is 13.8 Å². The van der Waals surface area contributed by atoms with E-state index in [9.17, 15) is 0 Å². The lowest BCUT2D eigenvalue weighted by molar-refractivity contribution is 0.00220. The van der Waals surface area contributed by atoms with Gasteiger partial charge in [-0.1, -0.05) is 0 Å². The fraction of sp³-hybridized carbons (Fsp3) is 0.778. The molecule has 0 unspecified atom stereocenters. The number of rotatable bonds is 3. The van der Waals surface area contributed by atoms with Gasteiger partial charge in [-0.3, -0.25) is 0 Å². The molecule has 0 aromatic carbocycles. The molecule has 0 atom stereocenters. The maximum Gasteiger partial charge on any atom is 0.182 e. The van der Waals surface area contributed by atoms with Crippen LogP contribution in [0.15, 0.2) is 12.5 Å². The highest BCUT2D eigenvalue weighted by Gasteiger charge is 2.13. The summed E-state index contributed by atoms with van der Waals surface area (Å²) in [6.45, 7) is 11.2. The Balaban J connectivity index is 2.30. The molecule has 0 spiro atoms. The predicted octanol–water partition coefficient (Wildman–Crippen LogP) is 1.21. The minimum absolute atomic E-state index is 0.209. The monoisotopic (exact) mass is 171 g/mol. The van der Waals surface area contributed by atoms with Crippen LogP contribution in [0.4, 0.5) is 0 Å². The van der Waals surface area contributed by atoms with Crippen molar-refractivity contribution >= 4 is 0 Å². The molecule has 3 heteroatoms. The summed E-state index contributed by atoms with van der Waals surface area (Å²) in [6, 6.07) is 0. The molecule has 0 aromatic heterocycles. The molecule has 3 nitrogen and oxygen atoms in total. The van der Waals surface area contributed by atoms with E-state index in [1.165, 1.54) is 0 Å². The molecular weight excluding hydrogens is 154 g/mol. The van der Waals surface area contributed by atoms with Crippen LogP contribution < -0.4 is 0 Å². The Morgan fingerprint density at radius 1 is 1.42 bits per heavy atom. The summed E-state index contributed by atoms with van der Waals surface area (Å²) in [4.78, 5) is 2.11. The first-order valence-electron chi connectivity index (χ1n) is 4.38. The topological polar surface area (TPSA) is 21.7 Å². The number of hydrogen-bond donors (Lipinski definition) is 0. The smallest absolute Gasteiger partial charge is 0.182 e. The van der Waals surface area contributed by atoms with Crippen molar-refractivity contribution in [2.45, 2.75) is 20.0 Å². The van der Waals surface area contributed by atoms with E-state index in [1.54, 1.807) is 0 Å². The fourth-order valence-electron chi connectivity index (χ4n) is 1.16. The number of ether oxygens (including phenoxy) is 2. The first kappa shape index (κ1) is 9.39. The largest absolute Gasteiger partial charge is 0.477 e. The number of nitrogens with zero attached hydrogens (tertiary/aromatic N) is 1. The molecule has 1 fully saturated rings. The Kier molecular flexibility index (Phi) is 3.41. The Labute approximate surface area is 74.0 Å². The number of morpholine rings is 1. The summed E-state index contributed by atoms with van der Waals surface area (Å²) >= 11 is 0. The molecule has 0 bridgehead atoms. The average molecular weight is 171 g/mol. The third-order valence-corrected chi connectivity index (χ3v) is 1.74. The molecule has 1 heterocycles. The SMILES string of the molecule is C=C(OC(C)C)N1CCOCC1. The first-order chi connectivity index (χ1) is 5.70. The average Bonchev–Trinajstić information content (AvgIpc) is 2.05. The van der Waals surface area contributed by atoms with E-state index in [1.807, 2.05) is 13.8 Å². The summed E-state index contributed by atoms with van der Waals surface area (Å²) in [6.07, 6.45) is 0.209. The molecule has 12 heavy (non-hydrogen) atoms. The van der Waals surface area contributed by atoms with Gasteiger partial charge < -0.3 is 14.4 Å². The third-order valence-electron chi connectivity index (χ3n) is 1.74. The van der Waals surface area contributed by atoms with Gasteiger partial charge in [-0.2, -0.15) is 0 Å². The Morgan fingerprint density at radius 3 is 2.50 bits per heavy atom. The molecule has 0 amide bonds. The predicted molar refractivity (Wildman–Crippen MR) is 47.8 cm³/mol. The van der Waals surface area contributed by atoms with Crippen molar-refractivity contribution < 1.29 is 9.47 Å². The second-order valence-electron chi connectivity index (χ2n) is 3.16. The highest BCUT2D eigenvalue weighted by Crippen LogP contribution is 2.08. The van der Waals surface area contributed by atoms with Crippen LogP contribution in [0.3, 0.4) is 0 Å². The van der Waals surface area contributed by atoms with Gasteiger partial charge in [0.1, 0.15) is 0 Å². The normalized spacial score (nSPS) is 18.1. The summed E-state index contributed by atoms with van der Waals surface area (Å²) in [5.74, 6) is 0.772. The fourth-order valence-corrected chi connectivity index (χ4v) is 1.16. The van der Waals surface area contributed by atoms with Crippen molar-refractivity contribution in [3.05, 3.63) is 12.5 Å². The molecule has 1 aliphatic rings. The van der Waals surface area contributed by atoms with Crippen LogP contribution in [0.25, 0.3) is 0 Å². The quantitative estimate of drug-likeness (QED) is 0.596. The van der Waals surface area contributed by atoms with E-state index in [4.69, 9.17) is 9.47 Å². The van der Waals surface area contributed by atoms with Gasteiger partial charge in [-0.25, -0.2) is 0 Å². The lowest BCUT2D eigenvalue weighted by atomic mass is 10.4. The van der Waals surface area contributed by atoms with E-state index in [0.717, 1.165) is 32.2 Å². The van der Waals surface area contributed by atoms with Crippen LogP contribution in [0.5, 0.6) is 0 Å². The molecule has 0 aliphatic carbocycles. The molecule has 0 radical (unpaired) electrons. The van der Waals surface area contributed by atoms with Crippen molar-refractivity contribution in [1.82, 2.24) is 4.90 Å². The van der Waals surface area contributed by atoms with Crippen LogP contribution >= 0.6 is 0 Å². The third kappa shape index (κ3) is 2.74. The molecule has 0 saturated carbocycles. The zero-order valence-electron chi connectivity index (χ0n) is 7.88. The van der Waals surface area contributed by atoms with Gasteiger partial charge in [0.25, 0.3) is 0 Å². The van der Waals surface area contributed by atoms with E-state index in [0.29, 0.717) is 0 Å². The Morgan fingerprint density at radius 2 is 2.00 bits per heavy atom. The Hall–Kier alpha value is -0.700. The van der Waals surface area contributed by atoms with Crippen molar-refractivity contribution in [2.75, 3.05) is 26.3 Å². The minimum Gasteiger partial charge on any atom is -0.477 e. The molecule has 1 rings (SSSR count). The maximum atomic E-state index is 5.47. The highest BCUT2D eigenvalue weighted by atomic mass is 16.5. The molecule has 1 saturated heterocycles. The van der Waals surface area contributed by atoms with Gasteiger partial charge in [0.2, 0.25) is 0 Å². The van der Waals surface area contributed by atoms with E-state index in [-0.39, 0.29) is 6.10 Å². The van der Waals surface area contributed by atoms with Crippen LogP contribution in [0, 0.1) is 0 Å². The Bertz CT molecular complexity index is 151. The van der Waals surface area contributed by atoms with Crippen molar-refractivity contribution in [3.63, 3.8) is 0 Å². The van der Waals surface area contributed by atoms with Crippen LogP contribution in [-0.2, 0) is 9.47 Å². The molecule has 1 aliphatic heterocycles. The van der Waals surface area contributed by atoms with Gasteiger partial charge in [-0.05, 0) is 20.4 Å². The van der Waals surface area contributed by atoms with E-state index >= 15 is 0 Å². The zero-order valence-corrected chi connectivity index (χ0v) is 7.88. The number of hydrogen-bond acceptors (Lipinski definition) is 3. The summed E-state index contributed by atoms with van der Waals surface area (Å²) in [5.41, 5.74) is 0. The van der Waals surface area contributed by atoms with Crippen LogP contribution in [-0.4, -0.2) is 37.3 Å². The van der Waals surface area contributed by atoms with Crippen molar-refractivity contribution in [1.29, 1.82) is 0 Å². The first-order valence-corrected chi connectivity index (χ1v) is 4.38. The van der Waals surface area contributed by atoms with Gasteiger partial charge >= 0.3 is 0 Å². The molecule has 0 N–H and O–H groups in total. The zero-order chi connectivity index (χ0) is 8.97. The van der Waals surface area contributed by atoms with Gasteiger partial charge in [0, 0.05) is 13.1 Å². The van der Waals surface area contributed by atoms with Crippen molar-refractivity contribution in [2.24, 2.45) is 0 Å². The lowest BCUT2D eigenvalue weighted by Gasteiger charge is -2.30. The van der Waals surface area contributed by atoms with Gasteiger partial charge in [0.15, 0.2) is 5.88 Å². The van der Waals surface area contributed by atoms with E-state index in [2.05, 4.69) is 11.5 Å².